The van der Waals surface area contributed by atoms with Gasteiger partial charge in [-0.15, -0.1) is 0 Å². The predicted molar refractivity (Wildman–Crippen MR) is 84.9 cm³/mol. The highest BCUT2D eigenvalue weighted by atomic mass is 16.5. The van der Waals surface area contributed by atoms with Crippen molar-refractivity contribution in [3.8, 4) is 5.69 Å². The van der Waals surface area contributed by atoms with Crippen LogP contribution in [0.3, 0.4) is 0 Å². The number of ether oxygens (including phenoxy) is 1. The molecule has 2 atom stereocenters. The van der Waals surface area contributed by atoms with Gasteiger partial charge in [0.15, 0.2) is 0 Å². The second kappa shape index (κ2) is 5.90. The Bertz CT molecular complexity index is 581. The molecule has 3 rings (SSSR count). The van der Waals surface area contributed by atoms with E-state index in [1.54, 1.807) is 6.20 Å². The van der Waals surface area contributed by atoms with Gasteiger partial charge < -0.3 is 14.6 Å². The lowest BCUT2D eigenvalue weighted by Crippen LogP contribution is -2.42. The molecule has 1 aromatic heterocycles. The van der Waals surface area contributed by atoms with Crippen LogP contribution in [-0.4, -0.2) is 27.8 Å². The number of anilines is 1. The maximum atomic E-state index is 5.93. The third kappa shape index (κ3) is 3.10. The average Bonchev–Trinajstić information content (AvgIpc) is 3.02. The minimum Gasteiger partial charge on any atom is -0.380 e. The van der Waals surface area contributed by atoms with E-state index in [9.17, 15) is 0 Å². The molecule has 1 N–H and O–H groups in total. The number of imidazole rings is 1. The first kappa shape index (κ1) is 14.1. The van der Waals surface area contributed by atoms with Gasteiger partial charge in [0.25, 0.3) is 0 Å². The third-order valence-corrected chi connectivity index (χ3v) is 4.39. The molecule has 0 amide bonds. The number of hydrogen-bond acceptors (Lipinski definition) is 3. The molecule has 0 bridgehead atoms. The van der Waals surface area contributed by atoms with Crippen molar-refractivity contribution in [3.63, 3.8) is 0 Å². The number of hydrogen-bond donors (Lipinski definition) is 1. The van der Waals surface area contributed by atoms with Crippen LogP contribution in [0.2, 0.25) is 0 Å². The Hall–Kier alpha value is -1.81. The minimum absolute atomic E-state index is 0.000133. The fraction of sp³-hybridized carbons (Fsp3) is 0.471. The van der Waals surface area contributed by atoms with Gasteiger partial charge in [0.05, 0.1) is 23.3 Å². The number of nitrogens with one attached hydrogen (secondary N) is 1. The Morgan fingerprint density at radius 1 is 1.43 bits per heavy atom. The van der Waals surface area contributed by atoms with Crippen molar-refractivity contribution in [2.24, 2.45) is 0 Å². The molecule has 1 saturated heterocycles. The molecule has 0 aliphatic carbocycles. The van der Waals surface area contributed by atoms with Crippen molar-refractivity contribution in [2.75, 3.05) is 11.9 Å². The van der Waals surface area contributed by atoms with Gasteiger partial charge >= 0.3 is 0 Å². The lowest BCUT2D eigenvalue weighted by Gasteiger charge is -2.38. The second-order valence-electron chi connectivity index (χ2n) is 5.97. The monoisotopic (exact) mass is 285 g/mol. The molecule has 112 valence electrons. The van der Waals surface area contributed by atoms with Crippen molar-refractivity contribution in [1.29, 1.82) is 0 Å². The summed E-state index contributed by atoms with van der Waals surface area (Å²) >= 11 is 0. The summed E-state index contributed by atoms with van der Waals surface area (Å²) in [7, 11) is 0. The minimum atomic E-state index is -0.000133. The van der Waals surface area contributed by atoms with E-state index in [0.29, 0.717) is 6.04 Å². The van der Waals surface area contributed by atoms with Crippen LogP contribution in [0.1, 0.15) is 33.1 Å². The highest BCUT2D eigenvalue weighted by Crippen LogP contribution is 2.30. The summed E-state index contributed by atoms with van der Waals surface area (Å²) in [5, 5.41) is 3.70. The van der Waals surface area contributed by atoms with E-state index in [-0.39, 0.29) is 5.60 Å². The summed E-state index contributed by atoms with van der Waals surface area (Å²) < 4.78 is 7.97. The molecule has 21 heavy (non-hydrogen) atoms. The van der Waals surface area contributed by atoms with Gasteiger partial charge in [-0.05, 0) is 38.3 Å². The van der Waals surface area contributed by atoms with Crippen molar-refractivity contribution >= 4 is 5.69 Å². The lowest BCUT2D eigenvalue weighted by molar-refractivity contribution is -0.0708. The number of nitrogens with zero attached hydrogens (tertiary/aromatic N) is 2. The zero-order chi connectivity index (χ0) is 14.7. The van der Waals surface area contributed by atoms with E-state index >= 15 is 0 Å². The van der Waals surface area contributed by atoms with Crippen molar-refractivity contribution in [1.82, 2.24) is 9.55 Å². The van der Waals surface area contributed by atoms with Crippen LogP contribution < -0.4 is 5.32 Å². The van der Waals surface area contributed by atoms with Crippen LogP contribution in [0, 0.1) is 0 Å². The van der Waals surface area contributed by atoms with Crippen molar-refractivity contribution < 1.29 is 4.74 Å². The van der Waals surface area contributed by atoms with Crippen LogP contribution in [-0.2, 0) is 4.74 Å². The van der Waals surface area contributed by atoms with E-state index in [4.69, 9.17) is 4.74 Å². The molecule has 2 unspecified atom stereocenters. The zero-order valence-electron chi connectivity index (χ0n) is 12.7. The van der Waals surface area contributed by atoms with Crippen LogP contribution in [0.4, 0.5) is 5.69 Å². The van der Waals surface area contributed by atoms with Crippen molar-refractivity contribution in [2.45, 2.75) is 44.8 Å². The first-order valence-corrected chi connectivity index (χ1v) is 7.68. The molecule has 2 aromatic rings. The Kier molecular flexibility index (Phi) is 3.97. The Morgan fingerprint density at radius 3 is 3.05 bits per heavy atom. The first-order chi connectivity index (χ1) is 10.2. The Balaban J connectivity index is 1.79. The quantitative estimate of drug-likeness (QED) is 0.932. The molecule has 0 saturated carbocycles. The van der Waals surface area contributed by atoms with Gasteiger partial charge in [0, 0.05) is 25.0 Å². The summed E-state index contributed by atoms with van der Waals surface area (Å²) in [6, 6.07) is 8.83. The predicted octanol–water partition coefficient (Wildman–Crippen LogP) is 3.63. The fourth-order valence-corrected chi connectivity index (χ4v) is 2.94. The number of benzene rings is 1. The summed E-state index contributed by atoms with van der Waals surface area (Å²) in [5.41, 5.74) is 2.29. The summed E-state index contributed by atoms with van der Waals surface area (Å²) in [4.78, 5) is 4.14. The highest BCUT2D eigenvalue weighted by Gasteiger charge is 2.31. The van der Waals surface area contributed by atoms with Gasteiger partial charge in [-0.3, -0.25) is 0 Å². The third-order valence-electron chi connectivity index (χ3n) is 4.39. The highest BCUT2D eigenvalue weighted by molar-refractivity contribution is 5.61. The topological polar surface area (TPSA) is 39.1 Å². The summed E-state index contributed by atoms with van der Waals surface area (Å²) in [5.74, 6) is 0. The second-order valence-corrected chi connectivity index (χ2v) is 5.97. The smallest absolute Gasteiger partial charge is 0.0992 e. The average molecular weight is 285 g/mol. The van der Waals surface area contributed by atoms with Gasteiger partial charge in [0.2, 0.25) is 0 Å². The maximum Gasteiger partial charge on any atom is 0.0992 e. The van der Waals surface area contributed by atoms with E-state index in [1.165, 1.54) is 0 Å². The van der Waals surface area contributed by atoms with Gasteiger partial charge in [-0.25, -0.2) is 4.98 Å². The Labute approximate surface area is 126 Å². The van der Waals surface area contributed by atoms with Crippen LogP contribution >= 0.6 is 0 Å². The van der Waals surface area contributed by atoms with E-state index in [1.807, 2.05) is 17.1 Å². The molecule has 4 nitrogen and oxygen atoms in total. The van der Waals surface area contributed by atoms with Gasteiger partial charge in [-0.1, -0.05) is 19.1 Å². The fourth-order valence-electron chi connectivity index (χ4n) is 2.94. The molecule has 1 aromatic carbocycles. The van der Waals surface area contributed by atoms with Gasteiger partial charge in [-0.2, -0.15) is 0 Å². The number of para-hydroxylation sites is 2. The van der Waals surface area contributed by atoms with Crippen LogP contribution in [0.25, 0.3) is 5.69 Å². The molecule has 0 radical (unpaired) electrons. The van der Waals surface area contributed by atoms with Crippen LogP contribution in [0.5, 0.6) is 0 Å². The van der Waals surface area contributed by atoms with E-state index in [2.05, 4.69) is 48.4 Å². The maximum absolute atomic E-state index is 5.93. The van der Waals surface area contributed by atoms with Crippen molar-refractivity contribution in [3.05, 3.63) is 43.0 Å². The molecule has 4 heteroatoms. The lowest BCUT2D eigenvalue weighted by atomic mass is 9.90. The molecule has 1 fully saturated rings. The SMILES string of the molecule is CCC1(C)CC(Nc2ccccc2-n2ccnc2)CCO1. The molecular formula is C17H23N3O. The standard InChI is InChI=1S/C17H23N3O/c1-3-17(2)12-14(8-11-21-17)19-15-6-4-5-7-16(15)20-10-9-18-13-20/h4-7,9-10,13-14,19H,3,8,11-12H2,1-2H3. The molecule has 2 heterocycles. The van der Waals surface area contributed by atoms with E-state index in [0.717, 1.165) is 37.2 Å². The zero-order valence-corrected chi connectivity index (χ0v) is 12.7. The molecule has 1 aliphatic rings. The van der Waals surface area contributed by atoms with Crippen LogP contribution in [0.15, 0.2) is 43.0 Å². The molecular weight excluding hydrogens is 262 g/mol. The summed E-state index contributed by atoms with van der Waals surface area (Å²) in [6.07, 6.45) is 8.75. The largest absolute Gasteiger partial charge is 0.380 e. The normalized spacial score (nSPS) is 25.7. The molecule has 0 spiro atoms. The Morgan fingerprint density at radius 2 is 2.29 bits per heavy atom. The number of aromatic nitrogens is 2. The first-order valence-electron chi connectivity index (χ1n) is 7.68. The summed E-state index contributed by atoms with van der Waals surface area (Å²) in [6.45, 7) is 5.24. The van der Waals surface area contributed by atoms with E-state index < -0.39 is 0 Å². The number of rotatable bonds is 4. The molecule has 1 aliphatic heterocycles. The van der Waals surface area contributed by atoms with Gasteiger partial charge in [0.1, 0.15) is 0 Å².